The van der Waals surface area contributed by atoms with Crippen molar-refractivity contribution in [2.45, 2.75) is 19.8 Å². The molecule has 0 atom stereocenters. The summed E-state index contributed by atoms with van der Waals surface area (Å²) in [5.41, 5.74) is 1.43. The summed E-state index contributed by atoms with van der Waals surface area (Å²) in [5.74, 6) is 0.0476. The highest BCUT2D eigenvalue weighted by atomic mass is 79.9. The summed E-state index contributed by atoms with van der Waals surface area (Å²) in [7, 11) is 0. The van der Waals surface area contributed by atoms with E-state index in [2.05, 4.69) is 21.2 Å². The van der Waals surface area contributed by atoms with Gasteiger partial charge >= 0.3 is 5.97 Å². The third-order valence-corrected chi connectivity index (χ3v) is 5.65. The Kier molecular flexibility index (Phi) is 8.00. The van der Waals surface area contributed by atoms with Gasteiger partial charge in [-0.2, -0.15) is 0 Å². The molecule has 0 spiro atoms. The average Bonchev–Trinajstić information content (AvgIpc) is 2.77. The van der Waals surface area contributed by atoms with Gasteiger partial charge in [-0.25, -0.2) is 0 Å². The van der Waals surface area contributed by atoms with Crippen molar-refractivity contribution in [3.63, 3.8) is 0 Å². The Labute approximate surface area is 190 Å². The van der Waals surface area contributed by atoms with Crippen molar-refractivity contribution in [3.8, 4) is 5.75 Å². The second-order valence-corrected chi connectivity index (χ2v) is 8.40. The highest BCUT2D eigenvalue weighted by Crippen LogP contribution is 2.18. The molecule has 1 aliphatic rings. The van der Waals surface area contributed by atoms with Crippen LogP contribution in [-0.4, -0.2) is 42.3 Å². The fraction of sp³-hybridized carbons (Fsp3) is 0.292. The van der Waals surface area contributed by atoms with E-state index in [0.29, 0.717) is 36.9 Å². The van der Waals surface area contributed by atoms with Gasteiger partial charge in [0.15, 0.2) is 0 Å². The number of hydrogen-bond acceptors (Lipinski definition) is 4. The van der Waals surface area contributed by atoms with Gasteiger partial charge in [-0.15, -0.1) is 0 Å². The summed E-state index contributed by atoms with van der Waals surface area (Å²) in [6.07, 6.45) is 5.11. The first-order chi connectivity index (χ1) is 14.9. The van der Waals surface area contributed by atoms with E-state index in [1.807, 2.05) is 35.2 Å². The number of halogens is 1. The van der Waals surface area contributed by atoms with Gasteiger partial charge in [0.05, 0.1) is 0 Å². The van der Waals surface area contributed by atoms with Gasteiger partial charge in [0, 0.05) is 42.7 Å². The minimum atomic E-state index is -0.425. The predicted octanol–water partition coefficient (Wildman–Crippen LogP) is 4.06. The molecule has 0 unspecified atom stereocenters. The summed E-state index contributed by atoms with van der Waals surface area (Å²) < 4.78 is 6.03. The average molecular weight is 485 g/mol. The van der Waals surface area contributed by atoms with Gasteiger partial charge < -0.3 is 15.0 Å². The van der Waals surface area contributed by atoms with Crippen LogP contribution in [0, 0.1) is 5.92 Å². The molecule has 0 aliphatic carbocycles. The number of amides is 2. The maximum atomic E-state index is 12.4. The highest BCUT2D eigenvalue weighted by Gasteiger charge is 2.22. The minimum absolute atomic E-state index is 0.00712. The molecule has 31 heavy (non-hydrogen) atoms. The number of esters is 1. The molecule has 7 heteroatoms. The maximum absolute atomic E-state index is 12.4. The van der Waals surface area contributed by atoms with Gasteiger partial charge in [-0.1, -0.05) is 34.1 Å². The molecule has 1 fully saturated rings. The quantitative estimate of drug-likeness (QED) is 0.381. The van der Waals surface area contributed by atoms with Crippen LogP contribution in [0.4, 0.5) is 0 Å². The van der Waals surface area contributed by atoms with Crippen molar-refractivity contribution in [1.82, 2.24) is 10.2 Å². The van der Waals surface area contributed by atoms with Crippen LogP contribution in [0.15, 0.2) is 59.1 Å². The second kappa shape index (κ2) is 10.9. The molecule has 0 bridgehead atoms. The molecule has 1 heterocycles. The Bertz CT molecular complexity index is 964. The molecule has 2 aromatic rings. The Morgan fingerprint density at radius 3 is 2.52 bits per heavy atom. The molecule has 2 aromatic carbocycles. The standard InChI is InChI=1S/C24H25BrN2O4/c1-17(28)31-22-4-2-3-20(15-22)24(30)26-16-19-11-13-27(14-12-19)23(29)10-7-18-5-8-21(25)9-6-18/h2-10,15,19H,11-14,16H2,1H3,(H,26,30)/b10-7+. The lowest BCUT2D eigenvalue weighted by atomic mass is 9.96. The van der Waals surface area contributed by atoms with Crippen molar-refractivity contribution in [2.75, 3.05) is 19.6 Å². The molecule has 1 N–H and O–H groups in total. The third kappa shape index (κ3) is 7.07. The molecule has 1 saturated heterocycles. The lowest BCUT2D eigenvalue weighted by Gasteiger charge is -2.31. The number of hydrogen-bond donors (Lipinski definition) is 1. The van der Waals surface area contributed by atoms with E-state index in [0.717, 1.165) is 22.9 Å². The number of nitrogens with zero attached hydrogens (tertiary/aromatic N) is 1. The zero-order valence-corrected chi connectivity index (χ0v) is 18.9. The monoisotopic (exact) mass is 484 g/mol. The lowest BCUT2D eigenvalue weighted by molar-refractivity contribution is -0.132. The molecule has 0 saturated carbocycles. The van der Waals surface area contributed by atoms with Crippen molar-refractivity contribution < 1.29 is 19.1 Å². The van der Waals surface area contributed by atoms with Crippen LogP contribution in [-0.2, 0) is 9.59 Å². The van der Waals surface area contributed by atoms with Gasteiger partial charge in [0.2, 0.25) is 5.91 Å². The van der Waals surface area contributed by atoms with Gasteiger partial charge in [-0.3, -0.25) is 14.4 Å². The van der Waals surface area contributed by atoms with Crippen LogP contribution in [0.2, 0.25) is 0 Å². The SMILES string of the molecule is CC(=O)Oc1cccc(C(=O)NCC2CCN(C(=O)/C=C/c3ccc(Br)cc3)CC2)c1. The number of carbonyl (C=O) groups excluding carboxylic acids is 3. The fourth-order valence-electron chi connectivity index (χ4n) is 3.41. The first-order valence-corrected chi connectivity index (χ1v) is 11.0. The Morgan fingerprint density at radius 2 is 1.84 bits per heavy atom. The summed E-state index contributed by atoms with van der Waals surface area (Å²) in [6.45, 7) is 3.21. The van der Waals surface area contributed by atoms with Crippen LogP contribution >= 0.6 is 15.9 Å². The van der Waals surface area contributed by atoms with Crippen molar-refractivity contribution in [3.05, 3.63) is 70.2 Å². The fourth-order valence-corrected chi connectivity index (χ4v) is 3.67. The van der Waals surface area contributed by atoms with E-state index in [4.69, 9.17) is 4.74 Å². The van der Waals surface area contributed by atoms with Crippen molar-refractivity contribution >= 4 is 39.8 Å². The maximum Gasteiger partial charge on any atom is 0.308 e. The first kappa shape index (κ1) is 22.7. The third-order valence-electron chi connectivity index (χ3n) is 5.12. The molecular weight excluding hydrogens is 460 g/mol. The number of benzene rings is 2. The zero-order chi connectivity index (χ0) is 22.2. The molecule has 1 aliphatic heterocycles. The molecule has 2 amide bonds. The van der Waals surface area contributed by atoms with Gasteiger partial charge in [-0.05, 0) is 60.7 Å². The van der Waals surface area contributed by atoms with E-state index in [9.17, 15) is 14.4 Å². The van der Waals surface area contributed by atoms with Crippen molar-refractivity contribution in [2.24, 2.45) is 5.92 Å². The molecule has 6 nitrogen and oxygen atoms in total. The number of nitrogens with one attached hydrogen (secondary N) is 1. The molecule has 162 valence electrons. The van der Waals surface area contributed by atoms with E-state index < -0.39 is 5.97 Å². The lowest BCUT2D eigenvalue weighted by Crippen LogP contribution is -2.41. The number of piperidine rings is 1. The van der Waals surface area contributed by atoms with Crippen molar-refractivity contribution in [1.29, 1.82) is 0 Å². The number of carbonyl (C=O) groups is 3. The van der Waals surface area contributed by atoms with Crippen LogP contribution < -0.4 is 10.1 Å². The van der Waals surface area contributed by atoms with E-state index in [1.54, 1.807) is 30.3 Å². The second-order valence-electron chi connectivity index (χ2n) is 7.49. The Morgan fingerprint density at radius 1 is 1.13 bits per heavy atom. The van der Waals surface area contributed by atoms with E-state index in [-0.39, 0.29) is 11.8 Å². The number of ether oxygens (including phenoxy) is 1. The predicted molar refractivity (Wildman–Crippen MR) is 123 cm³/mol. The highest BCUT2D eigenvalue weighted by molar-refractivity contribution is 9.10. The molecule has 0 radical (unpaired) electrons. The number of likely N-dealkylation sites (tertiary alicyclic amines) is 1. The van der Waals surface area contributed by atoms with E-state index >= 15 is 0 Å². The van der Waals surface area contributed by atoms with Crippen LogP contribution in [0.3, 0.4) is 0 Å². The van der Waals surface area contributed by atoms with E-state index in [1.165, 1.54) is 6.92 Å². The van der Waals surface area contributed by atoms with Gasteiger partial charge in [0.1, 0.15) is 5.75 Å². The summed E-state index contributed by atoms with van der Waals surface area (Å²) in [5, 5.41) is 2.94. The first-order valence-electron chi connectivity index (χ1n) is 10.2. The molecule has 0 aromatic heterocycles. The minimum Gasteiger partial charge on any atom is -0.427 e. The Balaban J connectivity index is 1.43. The largest absolute Gasteiger partial charge is 0.427 e. The Hall–Kier alpha value is -2.93. The number of rotatable bonds is 6. The summed E-state index contributed by atoms with van der Waals surface area (Å²) >= 11 is 3.40. The normalized spacial score (nSPS) is 14.5. The topological polar surface area (TPSA) is 75.7 Å². The van der Waals surface area contributed by atoms with Crippen LogP contribution in [0.5, 0.6) is 5.75 Å². The zero-order valence-electron chi connectivity index (χ0n) is 17.3. The summed E-state index contributed by atoms with van der Waals surface area (Å²) in [6, 6.07) is 14.3. The smallest absolute Gasteiger partial charge is 0.308 e. The molecule has 3 rings (SSSR count). The summed E-state index contributed by atoms with van der Waals surface area (Å²) in [4.78, 5) is 37.8. The molecular formula is C24H25BrN2O4. The van der Waals surface area contributed by atoms with Crippen LogP contribution in [0.1, 0.15) is 35.7 Å². The van der Waals surface area contributed by atoms with Crippen LogP contribution in [0.25, 0.3) is 6.08 Å². The van der Waals surface area contributed by atoms with Gasteiger partial charge in [0.25, 0.3) is 5.91 Å².